The summed E-state index contributed by atoms with van der Waals surface area (Å²) >= 11 is 0. The van der Waals surface area contributed by atoms with Gasteiger partial charge in [-0.05, 0) is 62.9 Å². The van der Waals surface area contributed by atoms with Crippen LogP contribution in [-0.4, -0.2) is 43.6 Å². The minimum Gasteiger partial charge on any atom is -0.406 e. The molecule has 0 unspecified atom stereocenters. The Morgan fingerprint density at radius 2 is 1.78 bits per heavy atom. The molecule has 1 saturated carbocycles. The number of allylic oxidation sites excluding steroid dienone is 1. The van der Waals surface area contributed by atoms with Crippen molar-refractivity contribution in [2.45, 2.75) is 90.1 Å². The van der Waals surface area contributed by atoms with Crippen LogP contribution in [0.4, 0.5) is 0 Å². The Kier molecular flexibility index (Phi) is 6.43. The molecule has 2 aliphatic rings. The minimum atomic E-state index is -2.05. The molecule has 1 N–H and O–H groups in total. The van der Waals surface area contributed by atoms with Crippen molar-refractivity contribution in [1.82, 2.24) is 0 Å². The Hall–Kier alpha value is -1.00. The summed E-state index contributed by atoms with van der Waals surface area (Å²) in [4.78, 5) is 13.6. The number of carbonyl (C=O) groups excluding carboxylic acids is 1. The van der Waals surface area contributed by atoms with E-state index in [0.29, 0.717) is 12.8 Å². The first-order chi connectivity index (χ1) is 12.7. The average Bonchev–Trinajstić information content (AvgIpc) is 3.01. The number of rotatable bonds is 9. The van der Waals surface area contributed by atoms with Crippen LogP contribution in [0.5, 0.6) is 0 Å². The maximum absolute atomic E-state index is 13.6. The normalized spacial score (nSPS) is 33.5. The maximum Gasteiger partial charge on any atom is 0.193 e. The molecular weight excluding hydrogens is 358 g/mol. The zero-order valence-corrected chi connectivity index (χ0v) is 18.8. The van der Waals surface area contributed by atoms with Gasteiger partial charge in [-0.1, -0.05) is 20.8 Å². The molecule has 27 heavy (non-hydrogen) atoms. The van der Waals surface area contributed by atoms with Crippen LogP contribution in [0.2, 0.25) is 18.1 Å². The minimum absolute atomic E-state index is 0.00861. The molecule has 0 aromatic rings. The molecule has 2 rings (SSSR count). The SMILES string of the molecule is CC[Si](CC)(CC)O[C@]12CC[C@](C)(OCCO)[C@@]1(CC#N)C(=O)C(C)=C2C. The number of fused-ring (bicyclic) bond motifs is 1. The zero-order chi connectivity index (χ0) is 20.5. The summed E-state index contributed by atoms with van der Waals surface area (Å²) in [5.74, 6) is -0.00861. The fourth-order valence-electron chi connectivity index (χ4n) is 5.54. The van der Waals surface area contributed by atoms with E-state index in [-0.39, 0.29) is 25.4 Å². The van der Waals surface area contributed by atoms with Crippen molar-refractivity contribution in [3.63, 3.8) is 0 Å². The first-order valence-electron chi connectivity index (χ1n) is 10.2. The first-order valence-corrected chi connectivity index (χ1v) is 12.8. The third kappa shape index (κ3) is 2.86. The van der Waals surface area contributed by atoms with Crippen molar-refractivity contribution < 1.29 is 19.1 Å². The average molecular weight is 394 g/mol. The lowest BCUT2D eigenvalue weighted by Crippen LogP contribution is -2.61. The number of hydrogen-bond donors (Lipinski definition) is 1. The molecule has 3 atom stereocenters. The van der Waals surface area contributed by atoms with Crippen LogP contribution in [0.1, 0.15) is 60.8 Å². The molecule has 0 radical (unpaired) electrons. The Balaban J connectivity index is 2.71. The molecule has 152 valence electrons. The van der Waals surface area contributed by atoms with Crippen LogP contribution in [0.15, 0.2) is 11.1 Å². The lowest BCUT2D eigenvalue weighted by molar-refractivity contribution is -0.166. The van der Waals surface area contributed by atoms with E-state index in [1.807, 2.05) is 20.8 Å². The second-order valence-electron chi connectivity index (χ2n) is 8.30. The molecule has 0 heterocycles. The molecule has 0 bridgehead atoms. The smallest absolute Gasteiger partial charge is 0.193 e. The van der Waals surface area contributed by atoms with E-state index in [1.165, 1.54) is 0 Å². The Labute approximate surface area is 164 Å². The number of ketones is 1. The highest BCUT2D eigenvalue weighted by Gasteiger charge is 2.75. The van der Waals surface area contributed by atoms with Gasteiger partial charge in [-0.25, -0.2) is 0 Å². The summed E-state index contributed by atoms with van der Waals surface area (Å²) in [6.07, 6.45) is 1.40. The molecular formula is C21H35NO4Si. The highest BCUT2D eigenvalue weighted by molar-refractivity contribution is 6.73. The van der Waals surface area contributed by atoms with Gasteiger partial charge in [0.15, 0.2) is 14.1 Å². The molecule has 0 aromatic carbocycles. The third-order valence-corrected chi connectivity index (χ3v) is 12.3. The van der Waals surface area contributed by atoms with Gasteiger partial charge in [-0.2, -0.15) is 5.26 Å². The molecule has 0 spiro atoms. The topological polar surface area (TPSA) is 79.5 Å². The summed E-state index contributed by atoms with van der Waals surface area (Å²) in [6.45, 7) is 12.4. The van der Waals surface area contributed by atoms with Crippen LogP contribution < -0.4 is 0 Å². The number of carbonyl (C=O) groups is 1. The molecule has 0 aliphatic heterocycles. The highest BCUT2D eigenvalue weighted by atomic mass is 28.4. The van der Waals surface area contributed by atoms with Gasteiger partial charge in [-0.15, -0.1) is 0 Å². The Bertz CT molecular complexity index is 657. The molecule has 0 amide bonds. The summed E-state index contributed by atoms with van der Waals surface area (Å²) in [7, 11) is -2.05. The Morgan fingerprint density at radius 3 is 2.26 bits per heavy atom. The monoisotopic (exact) mass is 393 g/mol. The predicted octanol–water partition coefficient (Wildman–Crippen LogP) is 4.13. The number of nitriles is 1. The number of aliphatic hydroxyl groups is 1. The van der Waals surface area contributed by atoms with Gasteiger partial charge in [0, 0.05) is 0 Å². The Morgan fingerprint density at radius 1 is 1.19 bits per heavy atom. The van der Waals surface area contributed by atoms with Crippen LogP contribution in [0.25, 0.3) is 0 Å². The zero-order valence-electron chi connectivity index (χ0n) is 17.8. The fraction of sp³-hybridized carbons (Fsp3) is 0.810. The lowest BCUT2D eigenvalue weighted by Gasteiger charge is -2.50. The van der Waals surface area contributed by atoms with Crippen molar-refractivity contribution in [3.8, 4) is 6.07 Å². The largest absolute Gasteiger partial charge is 0.406 e. The number of hydrogen-bond acceptors (Lipinski definition) is 5. The van der Waals surface area contributed by atoms with Gasteiger partial charge >= 0.3 is 0 Å². The van der Waals surface area contributed by atoms with Crippen LogP contribution >= 0.6 is 0 Å². The van der Waals surface area contributed by atoms with E-state index < -0.39 is 24.9 Å². The maximum atomic E-state index is 13.6. The summed E-state index contributed by atoms with van der Waals surface area (Å²) in [5, 5.41) is 19.1. The van der Waals surface area contributed by atoms with E-state index in [0.717, 1.165) is 29.3 Å². The summed E-state index contributed by atoms with van der Waals surface area (Å²) in [5.41, 5.74) is -0.920. The first kappa shape index (κ1) is 22.3. The van der Waals surface area contributed by atoms with Gasteiger partial charge in [0.25, 0.3) is 0 Å². The summed E-state index contributed by atoms with van der Waals surface area (Å²) in [6, 6.07) is 5.24. The molecule has 5 nitrogen and oxygen atoms in total. The second kappa shape index (κ2) is 7.79. The van der Waals surface area contributed by atoms with Crippen LogP contribution in [-0.2, 0) is 14.0 Å². The number of nitrogens with zero attached hydrogens (tertiary/aromatic N) is 1. The lowest BCUT2D eigenvalue weighted by atomic mass is 9.64. The van der Waals surface area contributed by atoms with E-state index >= 15 is 0 Å². The molecule has 0 aromatic heterocycles. The van der Waals surface area contributed by atoms with E-state index in [2.05, 4.69) is 26.8 Å². The van der Waals surface area contributed by atoms with Crippen LogP contribution in [0, 0.1) is 16.7 Å². The van der Waals surface area contributed by atoms with Crippen molar-refractivity contribution >= 4 is 14.1 Å². The number of Topliss-reactive ketones (excluding diaryl/α,β-unsaturated/α-hetero) is 1. The number of ether oxygens (including phenoxy) is 1. The molecule has 1 fully saturated rings. The standard InChI is InChI=1S/C21H35NO4Si/c1-7-27(8-2,9-3)26-21-11-10-19(6,25-15-14-23)20(21,12-13-22)18(24)16(4)17(21)5/h23H,7-12,14-15H2,1-6H3/t19-,20+,21-/m0/s1. The van der Waals surface area contributed by atoms with E-state index in [1.54, 1.807) is 0 Å². The van der Waals surface area contributed by atoms with Crippen molar-refractivity contribution in [2.75, 3.05) is 13.2 Å². The van der Waals surface area contributed by atoms with Gasteiger partial charge in [0.2, 0.25) is 0 Å². The number of aliphatic hydroxyl groups excluding tert-OH is 1. The fourth-order valence-corrected chi connectivity index (χ4v) is 8.64. The van der Waals surface area contributed by atoms with Gasteiger partial charge in [0.1, 0.15) is 5.41 Å². The van der Waals surface area contributed by atoms with Crippen LogP contribution in [0.3, 0.4) is 0 Å². The predicted molar refractivity (Wildman–Crippen MR) is 108 cm³/mol. The van der Waals surface area contributed by atoms with Gasteiger partial charge in [-0.3, -0.25) is 4.79 Å². The molecule has 6 heteroatoms. The van der Waals surface area contributed by atoms with E-state index in [9.17, 15) is 15.2 Å². The van der Waals surface area contributed by atoms with Crippen molar-refractivity contribution in [2.24, 2.45) is 5.41 Å². The van der Waals surface area contributed by atoms with E-state index in [4.69, 9.17) is 9.16 Å². The third-order valence-electron chi connectivity index (χ3n) is 7.62. The quantitative estimate of drug-likeness (QED) is 0.596. The van der Waals surface area contributed by atoms with Gasteiger partial charge in [0.05, 0.1) is 36.9 Å². The highest BCUT2D eigenvalue weighted by Crippen LogP contribution is 2.67. The van der Waals surface area contributed by atoms with Gasteiger partial charge < -0.3 is 14.3 Å². The summed E-state index contributed by atoms with van der Waals surface area (Å²) < 4.78 is 13.2. The van der Waals surface area contributed by atoms with Crippen molar-refractivity contribution in [1.29, 1.82) is 5.26 Å². The molecule has 2 aliphatic carbocycles. The second-order valence-corrected chi connectivity index (χ2v) is 13.0. The van der Waals surface area contributed by atoms with Crippen molar-refractivity contribution in [3.05, 3.63) is 11.1 Å². The molecule has 0 saturated heterocycles.